The molecule has 0 fully saturated rings. The van der Waals surface area contributed by atoms with Crippen LogP contribution in [0, 0.1) is 0 Å². The van der Waals surface area contributed by atoms with Crippen LogP contribution in [0.1, 0.15) is 5.82 Å². The number of anilines is 3. The summed E-state index contributed by atoms with van der Waals surface area (Å²) >= 11 is 3.19. The Labute approximate surface area is 164 Å². The third-order valence-corrected chi connectivity index (χ3v) is 5.62. The Kier molecular flexibility index (Phi) is 5.27. The van der Waals surface area contributed by atoms with Crippen molar-refractivity contribution < 1.29 is 0 Å². The number of nitrogens with two attached hydrogens (primary N) is 1. The van der Waals surface area contributed by atoms with Crippen LogP contribution in [0.15, 0.2) is 70.4 Å². The van der Waals surface area contributed by atoms with Gasteiger partial charge < -0.3 is 11.1 Å². The van der Waals surface area contributed by atoms with E-state index in [1.165, 1.54) is 0 Å². The number of thiazole rings is 1. The molecule has 0 spiro atoms. The third kappa shape index (κ3) is 4.60. The van der Waals surface area contributed by atoms with Crippen molar-refractivity contribution in [2.45, 2.75) is 10.1 Å². The van der Waals surface area contributed by atoms with Crippen LogP contribution in [0.2, 0.25) is 0 Å². The standard InChI is InChI=1S/C19H16N6S2/c20-17-23-16(24-18(25-17)21-14-9-5-2-6-10-14)12-27-19-22-15(11-26-19)13-7-3-1-4-8-13/h1-11H,12H2,(H3,20,21,23,24,25). The molecule has 4 rings (SSSR count). The molecule has 0 radical (unpaired) electrons. The van der Waals surface area contributed by atoms with Gasteiger partial charge in [0.05, 0.1) is 11.4 Å². The number of nitrogen functional groups attached to an aromatic ring is 1. The first kappa shape index (κ1) is 17.4. The van der Waals surface area contributed by atoms with E-state index in [1.807, 2.05) is 48.5 Å². The second kappa shape index (κ2) is 8.15. The van der Waals surface area contributed by atoms with Gasteiger partial charge in [0.1, 0.15) is 5.82 Å². The lowest BCUT2D eigenvalue weighted by molar-refractivity contribution is 0.981. The van der Waals surface area contributed by atoms with E-state index < -0.39 is 0 Å². The van der Waals surface area contributed by atoms with E-state index in [1.54, 1.807) is 23.1 Å². The van der Waals surface area contributed by atoms with Crippen molar-refractivity contribution in [3.05, 3.63) is 71.9 Å². The van der Waals surface area contributed by atoms with Crippen LogP contribution in [-0.2, 0) is 5.75 Å². The molecule has 6 nitrogen and oxygen atoms in total. The molecule has 0 bridgehead atoms. The normalized spacial score (nSPS) is 10.7. The minimum absolute atomic E-state index is 0.197. The quantitative estimate of drug-likeness (QED) is 0.463. The molecule has 134 valence electrons. The average Bonchev–Trinajstić information content (AvgIpc) is 3.17. The van der Waals surface area contributed by atoms with Crippen molar-refractivity contribution in [2.24, 2.45) is 0 Å². The number of nitrogens with one attached hydrogen (secondary N) is 1. The minimum Gasteiger partial charge on any atom is -0.368 e. The van der Waals surface area contributed by atoms with E-state index >= 15 is 0 Å². The van der Waals surface area contributed by atoms with Gasteiger partial charge in [0.15, 0.2) is 4.34 Å². The summed E-state index contributed by atoms with van der Waals surface area (Å²) in [7, 11) is 0. The number of nitrogens with zero attached hydrogens (tertiary/aromatic N) is 4. The summed E-state index contributed by atoms with van der Waals surface area (Å²) in [5.41, 5.74) is 8.82. The van der Waals surface area contributed by atoms with Crippen LogP contribution >= 0.6 is 23.1 Å². The highest BCUT2D eigenvalue weighted by Gasteiger charge is 2.09. The van der Waals surface area contributed by atoms with Gasteiger partial charge in [0, 0.05) is 16.6 Å². The average molecular weight is 393 g/mol. The molecule has 0 unspecified atom stereocenters. The van der Waals surface area contributed by atoms with Crippen LogP contribution in [0.25, 0.3) is 11.3 Å². The Bertz CT molecular complexity index is 1020. The van der Waals surface area contributed by atoms with Crippen molar-refractivity contribution in [3.8, 4) is 11.3 Å². The minimum atomic E-state index is 0.197. The van der Waals surface area contributed by atoms with Crippen molar-refractivity contribution >= 4 is 40.7 Å². The summed E-state index contributed by atoms with van der Waals surface area (Å²) in [5, 5.41) is 5.20. The first-order valence-electron chi connectivity index (χ1n) is 8.22. The maximum Gasteiger partial charge on any atom is 0.232 e. The fourth-order valence-electron chi connectivity index (χ4n) is 2.40. The SMILES string of the molecule is Nc1nc(CSc2nc(-c3ccccc3)cs2)nc(Nc2ccccc2)n1. The van der Waals surface area contributed by atoms with Crippen molar-refractivity contribution in [1.82, 2.24) is 19.9 Å². The molecule has 0 saturated carbocycles. The summed E-state index contributed by atoms with van der Waals surface area (Å²) in [6, 6.07) is 19.8. The molecule has 0 atom stereocenters. The maximum absolute atomic E-state index is 5.84. The zero-order chi connectivity index (χ0) is 18.5. The highest BCUT2D eigenvalue weighted by atomic mass is 32.2. The van der Waals surface area contributed by atoms with Gasteiger partial charge in [-0.15, -0.1) is 11.3 Å². The molecule has 3 N–H and O–H groups in total. The van der Waals surface area contributed by atoms with E-state index in [0.29, 0.717) is 17.5 Å². The Morgan fingerprint density at radius 1 is 0.889 bits per heavy atom. The first-order chi connectivity index (χ1) is 13.3. The summed E-state index contributed by atoms with van der Waals surface area (Å²) < 4.78 is 0.963. The largest absolute Gasteiger partial charge is 0.368 e. The van der Waals surface area contributed by atoms with E-state index in [9.17, 15) is 0 Å². The molecule has 0 aliphatic carbocycles. The van der Waals surface area contributed by atoms with Crippen LogP contribution in [0.4, 0.5) is 17.6 Å². The highest BCUT2D eigenvalue weighted by Crippen LogP contribution is 2.29. The van der Waals surface area contributed by atoms with Crippen molar-refractivity contribution in [3.63, 3.8) is 0 Å². The Morgan fingerprint density at radius 3 is 2.41 bits per heavy atom. The number of benzene rings is 2. The van der Waals surface area contributed by atoms with Gasteiger partial charge in [-0.1, -0.05) is 60.3 Å². The number of aromatic nitrogens is 4. The molecule has 0 aliphatic rings. The van der Waals surface area contributed by atoms with Gasteiger partial charge in [-0.05, 0) is 12.1 Å². The third-order valence-electron chi connectivity index (χ3n) is 3.61. The van der Waals surface area contributed by atoms with Gasteiger partial charge in [-0.3, -0.25) is 0 Å². The van der Waals surface area contributed by atoms with Crippen molar-refractivity contribution in [1.29, 1.82) is 0 Å². The number of rotatable bonds is 6. The van der Waals surface area contributed by atoms with Gasteiger partial charge in [0.25, 0.3) is 0 Å². The predicted octanol–water partition coefficient (Wildman–Crippen LogP) is 4.61. The fourth-order valence-corrected chi connectivity index (χ4v) is 4.09. The van der Waals surface area contributed by atoms with Crippen LogP contribution in [-0.4, -0.2) is 19.9 Å². The van der Waals surface area contributed by atoms with Gasteiger partial charge in [0.2, 0.25) is 11.9 Å². The molecule has 8 heteroatoms. The van der Waals surface area contributed by atoms with Gasteiger partial charge >= 0.3 is 0 Å². The number of hydrogen-bond acceptors (Lipinski definition) is 8. The molecule has 4 aromatic rings. The zero-order valence-corrected chi connectivity index (χ0v) is 15.9. The van der Waals surface area contributed by atoms with E-state index in [0.717, 1.165) is 21.3 Å². The lowest BCUT2D eigenvalue weighted by Gasteiger charge is -2.06. The molecule has 0 amide bonds. The predicted molar refractivity (Wildman–Crippen MR) is 111 cm³/mol. The smallest absolute Gasteiger partial charge is 0.232 e. The molecule has 2 aromatic heterocycles. The fraction of sp³-hybridized carbons (Fsp3) is 0.0526. The van der Waals surface area contributed by atoms with E-state index in [4.69, 9.17) is 5.73 Å². The van der Waals surface area contributed by atoms with Gasteiger partial charge in [-0.25, -0.2) is 4.98 Å². The first-order valence-corrected chi connectivity index (χ1v) is 10.1. The topological polar surface area (TPSA) is 89.6 Å². The van der Waals surface area contributed by atoms with Gasteiger partial charge in [-0.2, -0.15) is 15.0 Å². The molecule has 0 aliphatic heterocycles. The zero-order valence-electron chi connectivity index (χ0n) is 14.2. The molecular weight excluding hydrogens is 376 g/mol. The van der Waals surface area contributed by atoms with Crippen LogP contribution < -0.4 is 11.1 Å². The molecule has 27 heavy (non-hydrogen) atoms. The Hall–Kier alpha value is -2.97. The van der Waals surface area contributed by atoms with E-state index in [2.05, 4.69) is 42.8 Å². The number of para-hydroxylation sites is 1. The van der Waals surface area contributed by atoms with Crippen molar-refractivity contribution in [2.75, 3.05) is 11.1 Å². The maximum atomic E-state index is 5.84. The lowest BCUT2D eigenvalue weighted by atomic mass is 10.2. The van der Waals surface area contributed by atoms with E-state index in [-0.39, 0.29) is 5.95 Å². The Morgan fingerprint density at radius 2 is 1.63 bits per heavy atom. The molecule has 2 heterocycles. The van der Waals surface area contributed by atoms with Crippen LogP contribution in [0.5, 0.6) is 0 Å². The monoisotopic (exact) mass is 392 g/mol. The summed E-state index contributed by atoms with van der Waals surface area (Å²) in [4.78, 5) is 17.5. The highest BCUT2D eigenvalue weighted by molar-refractivity contribution is 8.00. The lowest BCUT2D eigenvalue weighted by Crippen LogP contribution is -2.06. The number of thioether (sulfide) groups is 1. The molecule has 2 aromatic carbocycles. The Balaban J connectivity index is 1.45. The number of hydrogen-bond donors (Lipinski definition) is 2. The second-order valence-electron chi connectivity index (χ2n) is 5.58. The molecule has 0 saturated heterocycles. The summed E-state index contributed by atoms with van der Waals surface area (Å²) in [6.07, 6.45) is 0. The summed E-state index contributed by atoms with van der Waals surface area (Å²) in [5.74, 6) is 1.82. The second-order valence-corrected chi connectivity index (χ2v) is 7.66. The molecular formula is C19H16N6S2. The summed E-state index contributed by atoms with van der Waals surface area (Å²) in [6.45, 7) is 0. The van der Waals surface area contributed by atoms with Crippen LogP contribution in [0.3, 0.4) is 0 Å².